The van der Waals surface area contributed by atoms with Gasteiger partial charge in [0.2, 0.25) is 0 Å². The Labute approximate surface area is 106 Å². The maximum atomic E-state index is 13.5. The van der Waals surface area contributed by atoms with Gasteiger partial charge in [-0.15, -0.1) is 0 Å². The van der Waals surface area contributed by atoms with E-state index in [0.29, 0.717) is 6.07 Å². The van der Waals surface area contributed by atoms with E-state index in [2.05, 4.69) is 0 Å². The van der Waals surface area contributed by atoms with Crippen molar-refractivity contribution in [3.05, 3.63) is 58.8 Å². The first-order valence-electron chi connectivity index (χ1n) is 5.35. The van der Waals surface area contributed by atoms with Crippen LogP contribution in [0, 0.1) is 28.8 Å². The minimum Gasteiger partial charge on any atom is -0.365 e. The Morgan fingerprint density at radius 3 is 2.53 bits per heavy atom. The second-order valence-corrected chi connectivity index (χ2v) is 4.02. The van der Waals surface area contributed by atoms with Crippen LogP contribution in [-0.4, -0.2) is 11.4 Å². The van der Waals surface area contributed by atoms with Crippen LogP contribution in [0.5, 0.6) is 0 Å². The lowest BCUT2D eigenvalue weighted by atomic mass is 10.1. The van der Waals surface area contributed by atoms with Gasteiger partial charge in [0, 0.05) is 18.3 Å². The molecule has 1 aliphatic rings. The average molecular weight is 268 g/mol. The first-order chi connectivity index (χ1) is 9.01. The van der Waals surface area contributed by atoms with Crippen molar-refractivity contribution in [3.8, 4) is 6.07 Å². The highest BCUT2D eigenvalue weighted by Crippen LogP contribution is 2.21. The second kappa shape index (κ2) is 5.14. The Balaban J connectivity index is 2.27. The van der Waals surface area contributed by atoms with Gasteiger partial charge in [0.1, 0.15) is 11.6 Å². The average Bonchev–Trinajstić information content (AvgIpc) is 2.38. The molecule has 0 atom stereocenters. The van der Waals surface area contributed by atoms with Gasteiger partial charge in [-0.3, -0.25) is 0 Å². The smallest absolute Gasteiger partial charge is 0.166 e. The monoisotopic (exact) mass is 268 g/mol. The van der Waals surface area contributed by atoms with Gasteiger partial charge in [-0.1, -0.05) is 0 Å². The van der Waals surface area contributed by atoms with Gasteiger partial charge in [-0.25, -0.2) is 17.6 Å². The fraction of sp³-hybridized carbons (Fsp3) is 0.154. The predicted molar refractivity (Wildman–Crippen MR) is 59.6 cm³/mol. The highest BCUT2D eigenvalue weighted by atomic mass is 19.2. The number of allylic oxidation sites excluding steroid dienone is 2. The topological polar surface area (TPSA) is 27.0 Å². The highest BCUT2D eigenvalue weighted by Gasteiger charge is 2.18. The third-order valence-corrected chi connectivity index (χ3v) is 2.64. The van der Waals surface area contributed by atoms with Crippen molar-refractivity contribution in [2.24, 2.45) is 0 Å². The number of halogens is 4. The van der Waals surface area contributed by atoms with Crippen LogP contribution in [0.25, 0.3) is 0 Å². The summed E-state index contributed by atoms with van der Waals surface area (Å²) in [6.07, 6.45) is 2.05. The fourth-order valence-electron chi connectivity index (χ4n) is 1.77. The van der Waals surface area contributed by atoms with E-state index in [4.69, 9.17) is 5.26 Å². The summed E-state index contributed by atoms with van der Waals surface area (Å²) in [4.78, 5) is 1.20. The van der Waals surface area contributed by atoms with Crippen molar-refractivity contribution in [2.45, 2.75) is 6.54 Å². The summed E-state index contributed by atoms with van der Waals surface area (Å²) in [5, 5.41) is 8.70. The summed E-state index contributed by atoms with van der Waals surface area (Å²) in [7, 11) is 0. The number of hydrogen-bond acceptors (Lipinski definition) is 2. The van der Waals surface area contributed by atoms with E-state index < -0.39 is 28.8 Å². The van der Waals surface area contributed by atoms with Crippen LogP contribution in [0.4, 0.5) is 17.6 Å². The molecule has 0 aromatic heterocycles. The summed E-state index contributed by atoms with van der Waals surface area (Å²) >= 11 is 0. The van der Waals surface area contributed by atoms with Crippen LogP contribution < -0.4 is 0 Å². The number of hydrogen-bond donors (Lipinski definition) is 0. The summed E-state index contributed by atoms with van der Waals surface area (Å²) < 4.78 is 53.1. The molecule has 0 saturated heterocycles. The maximum Gasteiger partial charge on any atom is 0.166 e. The fourth-order valence-corrected chi connectivity index (χ4v) is 1.77. The number of rotatable bonds is 2. The molecule has 0 N–H and O–H groups in total. The Kier molecular flexibility index (Phi) is 3.56. The molecule has 0 spiro atoms. The van der Waals surface area contributed by atoms with E-state index in [0.717, 1.165) is 18.3 Å². The van der Waals surface area contributed by atoms with E-state index in [1.807, 2.05) is 0 Å². The van der Waals surface area contributed by atoms with Crippen molar-refractivity contribution in [3.63, 3.8) is 0 Å². The summed E-state index contributed by atoms with van der Waals surface area (Å²) in [5.74, 6) is -4.09. The molecule has 0 aliphatic carbocycles. The second-order valence-electron chi connectivity index (χ2n) is 4.02. The quantitative estimate of drug-likeness (QED) is 0.608. The molecule has 0 radical (unpaired) electrons. The van der Waals surface area contributed by atoms with Gasteiger partial charge in [0.15, 0.2) is 11.6 Å². The van der Waals surface area contributed by atoms with Crippen LogP contribution in [0.15, 0.2) is 35.8 Å². The molecule has 0 bridgehead atoms. The van der Waals surface area contributed by atoms with Gasteiger partial charge < -0.3 is 4.90 Å². The van der Waals surface area contributed by atoms with Crippen LogP contribution in [0.2, 0.25) is 0 Å². The van der Waals surface area contributed by atoms with Crippen molar-refractivity contribution < 1.29 is 17.6 Å². The lowest BCUT2D eigenvalue weighted by molar-refractivity contribution is 0.359. The van der Waals surface area contributed by atoms with Gasteiger partial charge in [0.25, 0.3) is 0 Å². The van der Waals surface area contributed by atoms with Crippen LogP contribution in [0.1, 0.15) is 5.56 Å². The Hall–Kier alpha value is -2.29. The van der Waals surface area contributed by atoms with Gasteiger partial charge in [-0.2, -0.15) is 5.26 Å². The third-order valence-electron chi connectivity index (χ3n) is 2.64. The SMILES string of the molecule is N#CC1=CC(F)=CN(Cc2c(F)ccc(F)c2F)C1. The molecule has 0 saturated carbocycles. The molecule has 0 amide bonds. The Bertz CT molecular complexity index is 614. The molecule has 2 rings (SSSR count). The minimum absolute atomic E-state index is 0.0132. The molecular weight excluding hydrogens is 260 g/mol. The molecule has 2 nitrogen and oxygen atoms in total. The van der Waals surface area contributed by atoms with Gasteiger partial charge in [0.05, 0.1) is 18.2 Å². The Morgan fingerprint density at radius 2 is 1.84 bits per heavy atom. The van der Waals surface area contributed by atoms with E-state index in [9.17, 15) is 17.6 Å². The number of nitrogens with zero attached hydrogens (tertiary/aromatic N) is 2. The Morgan fingerprint density at radius 1 is 1.16 bits per heavy atom. The maximum absolute atomic E-state index is 13.5. The molecule has 0 fully saturated rings. The molecule has 6 heteroatoms. The van der Waals surface area contributed by atoms with Crippen molar-refractivity contribution in [1.82, 2.24) is 4.90 Å². The summed E-state index contributed by atoms with van der Waals surface area (Å²) in [6.45, 7) is -0.346. The van der Waals surface area contributed by atoms with Crippen molar-refractivity contribution in [1.29, 1.82) is 5.26 Å². The van der Waals surface area contributed by atoms with Gasteiger partial charge >= 0.3 is 0 Å². The number of nitriles is 1. The van der Waals surface area contributed by atoms with Crippen molar-refractivity contribution >= 4 is 0 Å². The normalized spacial score (nSPS) is 14.8. The first-order valence-corrected chi connectivity index (χ1v) is 5.35. The van der Waals surface area contributed by atoms with E-state index in [1.54, 1.807) is 6.07 Å². The molecule has 1 aromatic carbocycles. The minimum atomic E-state index is -1.30. The lowest BCUT2D eigenvalue weighted by Gasteiger charge is -2.23. The zero-order valence-corrected chi connectivity index (χ0v) is 9.63. The molecular formula is C13H8F4N2. The van der Waals surface area contributed by atoms with Crippen molar-refractivity contribution in [2.75, 3.05) is 6.54 Å². The standard InChI is InChI=1S/C13H8F4N2/c14-9-3-8(4-18)5-19(6-9)7-10-11(15)1-2-12(16)13(10)17/h1-3,6H,5,7H2. The highest BCUT2D eigenvalue weighted by molar-refractivity contribution is 5.33. The van der Waals surface area contributed by atoms with Crippen LogP contribution in [-0.2, 0) is 6.54 Å². The van der Waals surface area contributed by atoms with Gasteiger partial charge in [-0.05, 0) is 18.2 Å². The summed E-state index contributed by atoms with van der Waals surface area (Å²) in [5.41, 5.74) is -0.375. The molecule has 1 aliphatic heterocycles. The zero-order valence-electron chi connectivity index (χ0n) is 9.63. The first kappa shape index (κ1) is 13.1. The van der Waals surface area contributed by atoms with E-state index >= 15 is 0 Å². The summed E-state index contributed by atoms with van der Waals surface area (Å²) in [6, 6.07) is 3.25. The molecule has 98 valence electrons. The third kappa shape index (κ3) is 2.76. The molecule has 1 aromatic rings. The largest absolute Gasteiger partial charge is 0.365 e. The van der Waals surface area contributed by atoms with Crippen LogP contribution >= 0.6 is 0 Å². The number of benzene rings is 1. The van der Waals surface area contributed by atoms with E-state index in [-0.39, 0.29) is 18.7 Å². The zero-order chi connectivity index (χ0) is 14.0. The predicted octanol–water partition coefficient (Wildman–Crippen LogP) is 3.18. The lowest BCUT2D eigenvalue weighted by Crippen LogP contribution is -2.23. The molecule has 1 heterocycles. The van der Waals surface area contributed by atoms with E-state index in [1.165, 1.54) is 4.90 Å². The molecule has 19 heavy (non-hydrogen) atoms. The molecule has 0 unspecified atom stereocenters. The van der Waals surface area contributed by atoms with Crippen LogP contribution in [0.3, 0.4) is 0 Å².